The maximum absolute atomic E-state index is 12.5. The molecule has 0 aliphatic rings. The van der Waals surface area contributed by atoms with Gasteiger partial charge in [0.1, 0.15) is 0 Å². The Kier molecular flexibility index (Phi) is 68.4. The Morgan fingerprint density at radius 3 is 0.887 bits per heavy atom. The molecule has 0 aromatic carbocycles. The first-order valence-electron chi connectivity index (χ1n) is 36.6. The molecule has 2 unspecified atom stereocenters. The van der Waals surface area contributed by atoms with Crippen LogP contribution in [0, 0.1) is 0 Å². The average molecular weight is 1130 g/mol. The molecule has 0 saturated heterocycles. The molecule has 474 valence electrons. The summed E-state index contributed by atoms with van der Waals surface area (Å²) in [5.41, 5.74) is 0. The largest absolute Gasteiger partial charge is 0.466 e. The van der Waals surface area contributed by atoms with Crippen LogP contribution in [0.15, 0.2) is 24.3 Å². The van der Waals surface area contributed by atoms with Crippen molar-refractivity contribution in [2.45, 2.75) is 424 Å². The van der Waals surface area contributed by atoms with Crippen molar-refractivity contribution in [1.29, 1.82) is 0 Å². The van der Waals surface area contributed by atoms with Crippen LogP contribution < -0.4 is 5.32 Å². The number of aliphatic hydroxyl groups excluding tert-OH is 2. The van der Waals surface area contributed by atoms with Crippen LogP contribution in [0.1, 0.15) is 412 Å². The fourth-order valence-electron chi connectivity index (χ4n) is 11.6. The summed E-state index contributed by atoms with van der Waals surface area (Å²) >= 11 is 0. The van der Waals surface area contributed by atoms with Gasteiger partial charge < -0.3 is 20.3 Å². The van der Waals surface area contributed by atoms with Crippen molar-refractivity contribution in [2.75, 3.05) is 13.2 Å². The standard InChI is InChI=1S/C74H143NO5/c1-3-5-7-9-11-13-15-17-19-21-22-23-24-25-26-29-32-35-38-42-46-50-54-58-62-66-72(77)71(70-76)75-73(78)67-63-59-55-51-47-43-39-36-33-30-27-28-31-34-37-41-45-49-53-57-61-65-69-80-74(79)68-64-60-56-52-48-44-40-20-18-16-14-12-10-8-6-4-2/h30,33,62,66,71-72,76-77H,3-29,31-32,34-61,63-65,67-70H2,1-2H3,(H,75,78)/b33-30-,66-62+. The molecular formula is C74H143NO5. The van der Waals surface area contributed by atoms with Crippen molar-refractivity contribution in [2.24, 2.45) is 0 Å². The number of nitrogens with one attached hydrogen (secondary N) is 1. The highest BCUT2D eigenvalue weighted by Gasteiger charge is 2.18. The fraction of sp³-hybridized carbons (Fsp3) is 0.919. The number of esters is 1. The zero-order valence-electron chi connectivity index (χ0n) is 54.3. The Morgan fingerprint density at radius 1 is 0.338 bits per heavy atom. The van der Waals surface area contributed by atoms with E-state index in [4.69, 9.17) is 4.74 Å². The van der Waals surface area contributed by atoms with Crippen molar-refractivity contribution >= 4 is 11.9 Å². The zero-order valence-corrected chi connectivity index (χ0v) is 54.3. The number of amides is 1. The lowest BCUT2D eigenvalue weighted by Crippen LogP contribution is -2.45. The summed E-state index contributed by atoms with van der Waals surface area (Å²) in [6, 6.07) is -0.634. The molecule has 0 aromatic rings. The van der Waals surface area contributed by atoms with Crippen molar-refractivity contribution < 1.29 is 24.5 Å². The Balaban J connectivity index is 3.43. The van der Waals surface area contributed by atoms with Crippen molar-refractivity contribution in [3.8, 4) is 0 Å². The van der Waals surface area contributed by atoms with Gasteiger partial charge in [-0.25, -0.2) is 0 Å². The smallest absolute Gasteiger partial charge is 0.305 e. The minimum absolute atomic E-state index is 0.0139. The molecule has 0 spiro atoms. The monoisotopic (exact) mass is 1130 g/mol. The SMILES string of the molecule is CCCCCCCCCCCCCCCCCCCCCCCCC/C=C/C(O)C(CO)NC(=O)CCCCCCCCC/C=C\CCCCCCCCCCCCCOC(=O)CCCCCCCCCCCCCCCCCC. The second kappa shape index (κ2) is 69.8. The van der Waals surface area contributed by atoms with E-state index < -0.39 is 12.1 Å². The van der Waals surface area contributed by atoms with Crippen molar-refractivity contribution in [1.82, 2.24) is 5.32 Å². The minimum atomic E-state index is -0.850. The first kappa shape index (κ1) is 78.3. The number of carbonyl (C=O) groups is 2. The molecule has 0 aromatic heterocycles. The van der Waals surface area contributed by atoms with Gasteiger partial charge in [0.15, 0.2) is 0 Å². The van der Waals surface area contributed by atoms with E-state index in [1.807, 2.05) is 6.08 Å². The number of allylic oxidation sites excluding steroid dienone is 3. The van der Waals surface area contributed by atoms with Gasteiger partial charge in [-0.05, 0) is 57.8 Å². The van der Waals surface area contributed by atoms with Crippen LogP contribution in [0.2, 0.25) is 0 Å². The Morgan fingerprint density at radius 2 is 0.588 bits per heavy atom. The topological polar surface area (TPSA) is 95.9 Å². The molecule has 0 radical (unpaired) electrons. The normalized spacial score (nSPS) is 12.6. The van der Waals surface area contributed by atoms with Crippen LogP contribution >= 0.6 is 0 Å². The lowest BCUT2D eigenvalue weighted by molar-refractivity contribution is -0.143. The van der Waals surface area contributed by atoms with Crippen LogP contribution in [0.5, 0.6) is 0 Å². The summed E-state index contributed by atoms with van der Waals surface area (Å²) in [7, 11) is 0. The third-order valence-corrected chi connectivity index (χ3v) is 17.2. The maximum Gasteiger partial charge on any atom is 0.305 e. The van der Waals surface area contributed by atoms with Crippen LogP contribution in [-0.2, 0) is 14.3 Å². The van der Waals surface area contributed by atoms with E-state index in [0.29, 0.717) is 19.4 Å². The molecule has 0 bridgehead atoms. The van der Waals surface area contributed by atoms with Gasteiger partial charge in [0, 0.05) is 12.8 Å². The Bertz CT molecular complexity index is 1250. The number of hydrogen-bond acceptors (Lipinski definition) is 5. The van der Waals surface area contributed by atoms with Gasteiger partial charge in [-0.15, -0.1) is 0 Å². The molecule has 3 N–H and O–H groups in total. The third-order valence-electron chi connectivity index (χ3n) is 17.2. The van der Waals surface area contributed by atoms with E-state index in [-0.39, 0.29) is 18.5 Å². The summed E-state index contributed by atoms with van der Waals surface area (Å²) < 4.78 is 5.50. The zero-order chi connectivity index (χ0) is 57.8. The first-order chi connectivity index (χ1) is 39.5. The predicted molar refractivity (Wildman–Crippen MR) is 352 cm³/mol. The number of carbonyl (C=O) groups excluding carboxylic acids is 2. The van der Waals surface area contributed by atoms with Gasteiger partial charge in [0.05, 0.1) is 25.4 Å². The second-order valence-electron chi connectivity index (χ2n) is 25.3. The van der Waals surface area contributed by atoms with Gasteiger partial charge in [-0.2, -0.15) is 0 Å². The quantitative estimate of drug-likeness (QED) is 0.0320. The van der Waals surface area contributed by atoms with E-state index in [1.54, 1.807) is 6.08 Å². The van der Waals surface area contributed by atoms with Gasteiger partial charge in [-0.1, -0.05) is 366 Å². The lowest BCUT2D eigenvalue weighted by Gasteiger charge is -2.20. The number of aliphatic hydroxyl groups is 2. The number of ether oxygens (including phenoxy) is 1. The van der Waals surface area contributed by atoms with E-state index in [2.05, 4.69) is 31.3 Å². The molecule has 0 saturated carbocycles. The molecule has 80 heavy (non-hydrogen) atoms. The highest BCUT2D eigenvalue weighted by atomic mass is 16.5. The molecule has 6 nitrogen and oxygen atoms in total. The first-order valence-corrected chi connectivity index (χ1v) is 36.6. The molecule has 0 aliphatic heterocycles. The molecule has 0 aliphatic carbocycles. The predicted octanol–water partition coefficient (Wildman–Crippen LogP) is 23.7. The number of unbranched alkanes of at least 4 members (excludes halogenated alkanes) is 56. The van der Waals surface area contributed by atoms with Gasteiger partial charge in [-0.3, -0.25) is 9.59 Å². The maximum atomic E-state index is 12.5. The molecule has 2 atom stereocenters. The highest BCUT2D eigenvalue weighted by molar-refractivity contribution is 5.76. The Hall–Kier alpha value is -1.66. The van der Waals surface area contributed by atoms with Crippen LogP contribution in [0.3, 0.4) is 0 Å². The van der Waals surface area contributed by atoms with Crippen LogP contribution in [0.4, 0.5) is 0 Å². The summed E-state index contributed by atoms with van der Waals surface area (Å²) in [5, 5.41) is 23.3. The van der Waals surface area contributed by atoms with Crippen LogP contribution in [0.25, 0.3) is 0 Å². The highest BCUT2D eigenvalue weighted by Crippen LogP contribution is 2.19. The third kappa shape index (κ3) is 65.5. The fourth-order valence-corrected chi connectivity index (χ4v) is 11.6. The number of rotatable bonds is 69. The van der Waals surface area contributed by atoms with E-state index in [1.165, 1.54) is 340 Å². The average Bonchev–Trinajstić information content (AvgIpc) is 3.46. The van der Waals surface area contributed by atoms with E-state index in [9.17, 15) is 19.8 Å². The summed E-state index contributed by atoms with van der Waals surface area (Å²) in [4.78, 5) is 24.6. The van der Waals surface area contributed by atoms with E-state index >= 15 is 0 Å². The van der Waals surface area contributed by atoms with Crippen molar-refractivity contribution in [3.05, 3.63) is 24.3 Å². The van der Waals surface area contributed by atoms with Crippen LogP contribution in [-0.4, -0.2) is 47.4 Å². The molecule has 0 fully saturated rings. The van der Waals surface area contributed by atoms with Gasteiger partial charge >= 0.3 is 5.97 Å². The molecule has 1 amide bonds. The van der Waals surface area contributed by atoms with Gasteiger partial charge in [0.2, 0.25) is 5.91 Å². The molecule has 0 heterocycles. The molecular weight excluding hydrogens is 983 g/mol. The summed E-state index contributed by atoms with van der Waals surface area (Å²) in [5.74, 6) is -0.0563. The minimum Gasteiger partial charge on any atom is -0.466 e. The molecule has 6 heteroatoms. The second-order valence-corrected chi connectivity index (χ2v) is 25.3. The Labute approximate surface area is 501 Å². The summed E-state index contributed by atoms with van der Waals surface area (Å²) in [6.45, 7) is 4.95. The van der Waals surface area contributed by atoms with Gasteiger partial charge in [0.25, 0.3) is 0 Å². The number of hydrogen-bond donors (Lipinski definition) is 3. The van der Waals surface area contributed by atoms with Crippen molar-refractivity contribution in [3.63, 3.8) is 0 Å². The lowest BCUT2D eigenvalue weighted by atomic mass is 10.0. The molecule has 0 rings (SSSR count). The van der Waals surface area contributed by atoms with E-state index in [0.717, 1.165) is 44.9 Å². The summed E-state index contributed by atoms with van der Waals surface area (Å²) in [6.07, 6.45) is 88.3.